The van der Waals surface area contributed by atoms with E-state index < -0.39 is 163 Å². The van der Waals surface area contributed by atoms with Crippen LogP contribution >= 0.6 is 128 Å². The molecule has 5 N–H and O–H groups in total. The number of alkyl halides is 15. The molecular formula is C91H102Cl10F15O5P5Zr5. The summed E-state index contributed by atoms with van der Waals surface area (Å²) >= 11 is -4.13. The molecule has 40 heteroatoms. The fourth-order valence-corrected chi connectivity index (χ4v) is 19.6. The SMILES string of the molecule is Cc1cc(C(C)(C)C)cc(Pc2c(C)cccc2C(F)(F)F)c1O.Cc1cc(C)c(O)c(Pc2c(C)cccc2C(F)(F)F)c1.Cc1cc(Pc2c(C)cccc2C(F)(F)F)c(O)c(C(C)(C)C)c1.Cc1ccc(O)c(Pc2c(C)cccc2C(F)(F)F)c1.Cc1cccc(C(F)(F)F)c1Pc1cc(C(C)(C)C)cc(C(C)(C)C)c1O.[Cl][Zr][Cl].[Cl][Zr][Cl].[Cl][Zr][Cl].[Cl][Zr][Cl].[Cl][Zr][Cl]. The molecule has 0 amide bonds. The Kier molecular flexibility index (Phi) is 57.3. The van der Waals surface area contributed by atoms with E-state index in [9.17, 15) is 91.4 Å². The zero-order valence-electron chi connectivity index (χ0n) is 75.2. The third-order valence-corrected chi connectivity index (χ3v) is 26.6. The van der Waals surface area contributed by atoms with Crippen LogP contribution in [-0.2, 0) is 157 Å². The van der Waals surface area contributed by atoms with Gasteiger partial charge in [-0.25, -0.2) is 0 Å². The maximum atomic E-state index is 13.5. The Bertz CT molecular complexity index is 5250. The molecule has 10 rings (SSSR count). The van der Waals surface area contributed by atoms with E-state index in [0.29, 0.717) is 65.5 Å². The molecule has 5 unspecified atom stereocenters. The molecule has 0 bridgehead atoms. The third-order valence-electron chi connectivity index (χ3n) is 18.8. The van der Waals surface area contributed by atoms with Crippen molar-refractivity contribution in [3.05, 3.63) is 263 Å². The summed E-state index contributed by atoms with van der Waals surface area (Å²) in [5.74, 6) is 0.395. The molecule has 0 saturated heterocycles. The number of aromatic hydroxyl groups is 5. The molecule has 5 nitrogen and oxygen atoms in total. The minimum atomic E-state index is -4.42. The van der Waals surface area contributed by atoms with Gasteiger partial charge in [-0.15, -0.1) is 0 Å². The van der Waals surface area contributed by atoms with Gasteiger partial charge in [-0.2, -0.15) is 65.9 Å². The van der Waals surface area contributed by atoms with Crippen LogP contribution in [-0.4, -0.2) is 25.5 Å². The summed E-state index contributed by atoms with van der Waals surface area (Å²) in [5.41, 5.74) is 6.54. The third kappa shape index (κ3) is 43.4. The summed E-state index contributed by atoms with van der Waals surface area (Å²) in [6.07, 6.45) is -22.0. The van der Waals surface area contributed by atoms with Gasteiger partial charge in [-0.1, -0.05) is 223 Å². The van der Waals surface area contributed by atoms with E-state index in [1.54, 1.807) is 103 Å². The van der Waals surface area contributed by atoms with Gasteiger partial charge < -0.3 is 25.5 Å². The molecule has 716 valence electrons. The number of phenols is 5. The second-order valence-corrected chi connectivity index (χ2v) is 58.4. The van der Waals surface area contributed by atoms with Crippen molar-refractivity contribution in [3.63, 3.8) is 0 Å². The maximum absolute atomic E-state index is 13.5. The van der Waals surface area contributed by atoms with Gasteiger partial charge in [0.15, 0.2) is 0 Å². The van der Waals surface area contributed by atoms with Crippen molar-refractivity contribution >= 4 is 181 Å². The Morgan fingerprint density at radius 2 is 0.435 bits per heavy atom. The Morgan fingerprint density at radius 1 is 0.221 bits per heavy atom. The van der Waals surface area contributed by atoms with Crippen LogP contribution in [0.2, 0.25) is 0 Å². The number of halogens is 25. The van der Waals surface area contributed by atoms with E-state index in [-0.39, 0.29) is 120 Å². The van der Waals surface area contributed by atoms with E-state index in [0.717, 1.165) is 69.3 Å². The fourth-order valence-electron chi connectivity index (χ4n) is 12.3. The van der Waals surface area contributed by atoms with Crippen LogP contribution in [0.15, 0.2) is 158 Å². The average molecular weight is 2530 g/mol. The van der Waals surface area contributed by atoms with Crippen molar-refractivity contribution in [2.24, 2.45) is 0 Å². The summed E-state index contributed by atoms with van der Waals surface area (Å²) in [5, 5.41) is 55.7. The molecular weight excluding hydrogens is 2420 g/mol. The fraction of sp³-hybridized carbons (Fsp3) is 0.341. The molecule has 10 aromatic rings. The van der Waals surface area contributed by atoms with Crippen molar-refractivity contribution in [1.82, 2.24) is 0 Å². The van der Waals surface area contributed by atoms with Crippen LogP contribution in [0, 0.1) is 69.2 Å². The number of hydrogen-bond donors (Lipinski definition) is 5. The first-order valence-electron chi connectivity index (χ1n) is 38.7. The zero-order valence-corrected chi connectivity index (χ0v) is 100. The van der Waals surface area contributed by atoms with Crippen molar-refractivity contribution < 1.29 is 196 Å². The zero-order chi connectivity index (χ0) is 102. The Hall–Kier alpha value is -0.384. The van der Waals surface area contributed by atoms with Crippen molar-refractivity contribution in [3.8, 4) is 28.7 Å². The van der Waals surface area contributed by atoms with Crippen molar-refractivity contribution in [2.45, 2.75) is 205 Å². The van der Waals surface area contributed by atoms with Crippen molar-refractivity contribution in [1.29, 1.82) is 0 Å². The second-order valence-electron chi connectivity index (χ2n) is 33.3. The van der Waals surface area contributed by atoms with Crippen LogP contribution in [0.5, 0.6) is 28.7 Å². The molecule has 5 atom stereocenters. The Morgan fingerprint density at radius 3 is 0.695 bits per heavy atom. The number of aryl methyl sites for hydroxylation is 10. The topological polar surface area (TPSA) is 101 Å². The molecule has 0 aliphatic rings. The van der Waals surface area contributed by atoms with Crippen molar-refractivity contribution in [2.75, 3.05) is 0 Å². The molecule has 0 spiro atoms. The summed E-state index contributed by atoms with van der Waals surface area (Å²) in [4.78, 5) is 0. The van der Waals surface area contributed by atoms with Crippen LogP contribution in [0.1, 0.15) is 189 Å². The van der Waals surface area contributed by atoms with E-state index in [4.69, 9.17) is 85.1 Å². The minimum absolute atomic E-state index is 0.0327. The van der Waals surface area contributed by atoms with Gasteiger partial charge in [-0.05, 0) is 245 Å². The van der Waals surface area contributed by atoms with E-state index in [2.05, 4.69) is 20.8 Å². The average Bonchev–Trinajstić information content (AvgIpc) is 0.775. The first kappa shape index (κ1) is 129. The summed E-state index contributed by atoms with van der Waals surface area (Å²) in [6, 6.07) is 40.7. The van der Waals surface area contributed by atoms with Crippen LogP contribution in [0.4, 0.5) is 65.9 Å². The van der Waals surface area contributed by atoms with Gasteiger partial charge in [0, 0.05) is 37.6 Å². The number of rotatable bonds is 10. The quantitative estimate of drug-likeness (QED) is 0.0694. The van der Waals surface area contributed by atoms with Gasteiger partial charge in [-0.3, -0.25) is 0 Å². The van der Waals surface area contributed by atoms with Gasteiger partial charge in [0.25, 0.3) is 0 Å². The first-order chi connectivity index (χ1) is 60.0. The Balaban J connectivity index is 0.000000789. The second kappa shape index (κ2) is 58.4. The molecule has 0 saturated carbocycles. The Labute approximate surface area is 862 Å². The normalized spacial score (nSPS) is 11.9. The molecule has 10 aromatic carbocycles. The van der Waals surface area contributed by atoms with Crippen LogP contribution < -0.4 is 53.0 Å². The van der Waals surface area contributed by atoms with Gasteiger partial charge in [0.05, 0.1) is 27.8 Å². The molecule has 0 aromatic heterocycles. The summed E-state index contributed by atoms with van der Waals surface area (Å²) < 4.78 is 199. The number of phenolic OH excluding ortho intramolecular Hbond substituents is 5. The van der Waals surface area contributed by atoms with E-state index in [1.165, 1.54) is 36.4 Å². The van der Waals surface area contributed by atoms with Crippen LogP contribution in [0.3, 0.4) is 0 Å². The molecule has 0 heterocycles. The predicted molar refractivity (Wildman–Crippen MR) is 516 cm³/mol. The molecule has 0 fully saturated rings. The van der Waals surface area contributed by atoms with Crippen LogP contribution in [0.25, 0.3) is 0 Å². The summed E-state index contributed by atoms with van der Waals surface area (Å²) in [6.45, 7) is 41.7. The van der Waals surface area contributed by atoms with Gasteiger partial charge in [0.1, 0.15) is 28.7 Å². The van der Waals surface area contributed by atoms with E-state index >= 15 is 0 Å². The van der Waals surface area contributed by atoms with Gasteiger partial charge in [0.2, 0.25) is 0 Å². The molecule has 0 aliphatic carbocycles. The van der Waals surface area contributed by atoms with Gasteiger partial charge >= 0.3 is 220 Å². The monoisotopic (exact) mass is 2510 g/mol. The summed E-state index contributed by atoms with van der Waals surface area (Å²) in [7, 11) is 48.1. The first-order valence-corrected chi connectivity index (χ1v) is 75.3. The predicted octanol–water partition coefficient (Wildman–Crippen LogP) is 30.4. The molecule has 131 heavy (non-hydrogen) atoms. The number of hydrogen-bond acceptors (Lipinski definition) is 5. The molecule has 0 aliphatic heterocycles. The standard InChI is InChI=1S/C22H28F3OP.2C19H22F3OP.C16H16F3OP.C15H14F3OP.10ClH.5Zr/c1-13-9-8-10-15(22(23,24)25)19(13)27-17-12-14(20(2,3)4)11-16(18(17)26)21(5,6)7;1-11-9-14(18(3,4)5)16(23)15(10-11)24-17-12(2)7-6-8-13(17)19(20,21)22;1-11-7-6-8-14(19(20,21)22)17(11)24-15-10-13(18(3,4)5)9-12(2)16(15)23;1-9-7-11(3)14(20)13(8-9)21-15-10(2)5-4-6-12(15)16(17,18)19;1-9-6-7-12(19)13(8-9)20-14-10(2)4-3-5-11(14)15(16,17)18;;;;;;;;;;;;;;;/h8-12,26-27H,1-7H3;2*6-10,23-24H,1-5H3;4-8,20-21H,1-3H3;3-8,19-20H,1-2H3;10*1H;;;;;/q;;;;;;;;;;;;;;;5*+2/p-10. The van der Waals surface area contributed by atoms with E-state index in [1.807, 2.05) is 119 Å². The number of benzene rings is 10. The molecule has 0 radical (unpaired) electrons.